The summed E-state index contributed by atoms with van der Waals surface area (Å²) >= 11 is 1.60. The van der Waals surface area contributed by atoms with Gasteiger partial charge in [-0.2, -0.15) is 0 Å². The standard InChI is InChI=1S/C7H10N2OS/c8-7(1-3-10-5-7)6-9-2-4-11-6/h2,4H,1,3,5,8H2. The number of nitrogens with zero attached hydrogens (tertiary/aromatic N) is 1. The lowest BCUT2D eigenvalue weighted by molar-refractivity contribution is 0.178. The summed E-state index contributed by atoms with van der Waals surface area (Å²) in [6, 6.07) is 0. The Bertz CT molecular complexity index is 229. The molecule has 1 aliphatic rings. The van der Waals surface area contributed by atoms with E-state index >= 15 is 0 Å². The highest BCUT2D eigenvalue weighted by molar-refractivity contribution is 7.09. The van der Waals surface area contributed by atoms with Crippen molar-refractivity contribution in [1.29, 1.82) is 0 Å². The summed E-state index contributed by atoms with van der Waals surface area (Å²) in [4.78, 5) is 4.18. The van der Waals surface area contributed by atoms with Crippen LogP contribution in [0.3, 0.4) is 0 Å². The lowest BCUT2D eigenvalue weighted by atomic mass is 10.0. The number of aromatic nitrogens is 1. The normalized spacial score (nSPS) is 31.0. The van der Waals surface area contributed by atoms with Gasteiger partial charge in [-0.1, -0.05) is 0 Å². The Morgan fingerprint density at radius 2 is 2.64 bits per heavy atom. The Balaban J connectivity index is 2.27. The molecule has 1 aliphatic heterocycles. The molecule has 2 rings (SSSR count). The molecule has 0 aliphatic carbocycles. The molecule has 0 radical (unpaired) electrons. The topological polar surface area (TPSA) is 48.1 Å². The van der Waals surface area contributed by atoms with E-state index in [1.807, 2.05) is 5.38 Å². The zero-order valence-electron chi connectivity index (χ0n) is 6.12. The van der Waals surface area contributed by atoms with Crippen LogP contribution >= 0.6 is 11.3 Å². The summed E-state index contributed by atoms with van der Waals surface area (Å²) < 4.78 is 5.23. The maximum atomic E-state index is 6.05. The van der Waals surface area contributed by atoms with Crippen LogP contribution < -0.4 is 5.73 Å². The predicted octanol–water partition coefficient (Wildman–Crippen LogP) is 0.717. The molecule has 2 N–H and O–H groups in total. The van der Waals surface area contributed by atoms with Crippen LogP contribution in [0.1, 0.15) is 11.4 Å². The van der Waals surface area contributed by atoms with Gasteiger partial charge < -0.3 is 10.5 Å². The van der Waals surface area contributed by atoms with E-state index in [1.54, 1.807) is 17.5 Å². The molecule has 1 fully saturated rings. The molecule has 1 aromatic rings. The Morgan fingerprint density at radius 1 is 1.73 bits per heavy atom. The molecule has 1 atom stereocenters. The number of thiazole rings is 1. The molecular weight excluding hydrogens is 160 g/mol. The first-order valence-electron chi connectivity index (χ1n) is 3.58. The molecule has 4 heteroatoms. The summed E-state index contributed by atoms with van der Waals surface area (Å²) in [7, 11) is 0. The predicted molar refractivity (Wildman–Crippen MR) is 43.4 cm³/mol. The van der Waals surface area contributed by atoms with Crippen molar-refractivity contribution in [2.75, 3.05) is 13.2 Å². The third kappa shape index (κ3) is 1.17. The number of nitrogens with two attached hydrogens (primary N) is 1. The van der Waals surface area contributed by atoms with Gasteiger partial charge in [-0.25, -0.2) is 4.98 Å². The van der Waals surface area contributed by atoms with Crippen LogP contribution in [0.15, 0.2) is 11.6 Å². The Kier molecular flexibility index (Phi) is 1.67. The SMILES string of the molecule is NC1(c2nccs2)CCOC1. The molecule has 0 bridgehead atoms. The van der Waals surface area contributed by atoms with Gasteiger partial charge in [-0.05, 0) is 6.42 Å². The Labute approximate surface area is 69.2 Å². The van der Waals surface area contributed by atoms with E-state index < -0.39 is 0 Å². The minimum absolute atomic E-state index is 0.297. The van der Waals surface area contributed by atoms with Gasteiger partial charge in [-0.15, -0.1) is 11.3 Å². The molecule has 1 aromatic heterocycles. The first kappa shape index (κ1) is 7.21. The molecule has 1 saturated heterocycles. The van der Waals surface area contributed by atoms with E-state index in [0.717, 1.165) is 18.0 Å². The van der Waals surface area contributed by atoms with Gasteiger partial charge in [-0.3, -0.25) is 0 Å². The molecule has 0 saturated carbocycles. The number of hydrogen-bond acceptors (Lipinski definition) is 4. The molecule has 60 valence electrons. The van der Waals surface area contributed by atoms with E-state index in [-0.39, 0.29) is 5.54 Å². The maximum Gasteiger partial charge on any atom is 0.115 e. The maximum absolute atomic E-state index is 6.05. The fourth-order valence-electron chi connectivity index (χ4n) is 1.22. The fraction of sp³-hybridized carbons (Fsp3) is 0.571. The van der Waals surface area contributed by atoms with E-state index in [1.165, 1.54) is 0 Å². The summed E-state index contributed by atoms with van der Waals surface area (Å²) in [6.45, 7) is 1.37. The molecule has 3 nitrogen and oxygen atoms in total. The van der Waals surface area contributed by atoms with Gasteiger partial charge in [0.05, 0.1) is 12.1 Å². The minimum atomic E-state index is -0.297. The lowest BCUT2D eigenvalue weighted by Crippen LogP contribution is -2.36. The second kappa shape index (κ2) is 2.55. The molecule has 0 spiro atoms. The molecule has 0 aromatic carbocycles. The second-order valence-electron chi connectivity index (χ2n) is 2.80. The highest BCUT2D eigenvalue weighted by Crippen LogP contribution is 2.28. The lowest BCUT2D eigenvalue weighted by Gasteiger charge is -2.17. The zero-order chi connectivity index (χ0) is 7.73. The zero-order valence-corrected chi connectivity index (χ0v) is 6.93. The summed E-state index contributed by atoms with van der Waals surface area (Å²) in [5.41, 5.74) is 5.75. The van der Waals surface area contributed by atoms with E-state index in [9.17, 15) is 0 Å². The van der Waals surface area contributed by atoms with Gasteiger partial charge in [0.2, 0.25) is 0 Å². The summed E-state index contributed by atoms with van der Waals surface area (Å²) in [5, 5.41) is 2.94. The highest BCUT2D eigenvalue weighted by atomic mass is 32.1. The fourth-order valence-corrected chi connectivity index (χ4v) is 1.99. The van der Waals surface area contributed by atoms with Crippen molar-refractivity contribution in [3.05, 3.63) is 16.6 Å². The van der Waals surface area contributed by atoms with Gasteiger partial charge in [0.1, 0.15) is 5.01 Å². The Morgan fingerprint density at radius 3 is 3.18 bits per heavy atom. The van der Waals surface area contributed by atoms with Crippen LogP contribution in [-0.2, 0) is 10.3 Å². The molecule has 11 heavy (non-hydrogen) atoms. The quantitative estimate of drug-likeness (QED) is 0.675. The van der Waals surface area contributed by atoms with E-state index in [2.05, 4.69) is 4.98 Å². The van der Waals surface area contributed by atoms with Crippen molar-refractivity contribution >= 4 is 11.3 Å². The third-order valence-corrected chi connectivity index (χ3v) is 2.90. The number of ether oxygens (including phenoxy) is 1. The summed E-state index contributed by atoms with van der Waals surface area (Å²) in [5.74, 6) is 0. The molecule has 1 unspecified atom stereocenters. The van der Waals surface area contributed by atoms with Gasteiger partial charge in [0.15, 0.2) is 0 Å². The van der Waals surface area contributed by atoms with Crippen molar-refractivity contribution in [1.82, 2.24) is 4.98 Å². The van der Waals surface area contributed by atoms with E-state index in [0.29, 0.717) is 6.61 Å². The van der Waals surface area contributed by atoms with Crippen molar-refractivity contribution in [3.63, 3.8) is 0 Å². The van der Waals surface area contributed by atoms with Crippen molar-refractivity contribution < 1.29 is 4.74 Å². The Hall–Kier alpha value is -0.450. The molecule has 2 heterocycles. The van der Waals surface area contributed by atoms with Crippen LogP contribution in [-0.4, -0.2) is 18.2 Å². The van der Waals surface area contributed by atoms with Gasteiger partial charge in [0, 0.05) is 18.2 Å². The molecule has 0 amide bonds. The second-order valence-corrected chi connectivity index (χ2v) is 3.69. The van der Waals surface area contributed by atoms with Crippen LogP contribution in [0.5, 0.6) is 0 Å². The van der Waals surface area contributed by atoms with Crippen molar-refractivity contribution in [3.8, 4) is 0 Å². The average Bonchev–Trinajstić information content (AvgIpc) is 2.55. The smallest absolute Gasteiger partial charge is 0.115 e. The van der Waals surface area contributed by atoms with Crippen LogP contribution in [0.2, 0.25) is 0 Å². The highest BCUT2D eigenvalue weighted by Gasteiger charge is 2.34. The first-order chi connectivity index (χ1) is 5.31. The van der Waals surface area contributed by atoms with Crippen LogP contribution in [0, 0.1) is 0 Å². The largest absolute Gasteiger partial charge is 0.379 e. The number of hydrogen-bond donors (Lipinski definition) is 1. The van der Waals surface area contributed by atoms with Gasteiger partial charge >= 0.3 is 0 Å². The number of rotatable bonds is 1. The van der Waals surface area contributed by atoms with Gasteiger partial charge in [0.25, 0.3) is 0 Å². The van der Waals surface area contributed by atoms with Crippen LogP contribution in [0.4, 0.5) is 0 Å². The first-order valence-corrected chi connectivity index (χ1v) is 4.46. The van der Waals surface area contributed by atoms with Crippen molar-refractivity contribution in [2.45, 2.75) is 12.0 Å². The molecular formula is C7H10N2OS. The van der Waals surface area contributed by atoms with E-state index in [4.69, 9.17) is 10.5 Å². The minimum Gasteiger partial charge on any atom is -0.379 e. The average molecular weight is 170 g/mol. The monoisotopic (exact) mass is 170 g/mol. The third-order valence-electron chi connectivity index (χ3n) is 1.91. The van der Waals surface area contributed by atoms with Crippen molar-refractivity contribution in [2.24, 2.45) is 5.73 Å². The summed E-state index contributed by atoms with van der Waals surface area (Å²) in [6.07, 6.45) is 2.67. The van der Waals surface area contributed by atoms with Crippen LogP contribution in [0.25, 0.3) is 0 Å².